The fourth-order valence-corrected chi connectivity index (χ4v) is 6.47. The molecule has 0 amide bonds. The second kappa shape index (κ2) is 8.74. The molecule has 0 radical (unpaired) electrons. The Morgan fingerprint density at radius 3 is 1.98 bits per heavy atom. The number of fused-ring (bicyclic) bond motifs is 11. The SMILES string of the molecule is CC(C)(C)c1cc(-c2nccc3c2nc2n3-c3ccccc3-c3ccccc3-c3ccccc3-2)cc2ccccc12. The Kier molecular flexibility index (Phi) is 5.08. The molecule has 1 aliphatic rings. The van der Waals surface area contributed by atoms with Gasteiger partial charge in [0.1, 0.15) is 11.3 Å². The molecule has 5 aromatic carbocycles. The molecule has 0 aliphatic carbocycles. The maximum absolute atomic E-state index is 5.42. The lowest BCUT2D eigenvalue weighted by Crippen LogP contribution is -2.12. The van der Waals surface area contributed by atoms with Crippen LogP contribution in [0.4, 0.5) is 0 Å². The summed E-state index contributed by atoms with van der Waals surface area (Å²) in [4.78, 5) is 10.4. The highest BCUT2D eigenvalue weighted by molar-refractivity contribution is 6.01. The van der Waals surface area contributed by atoms with Gasteiger partial charge in [-0.1, -0.05) is 112 Å². The molecule has 196 valence electrons. The summed E-state index contributed by atoms with van der Waals surface area (Å²) in [6.07, 6.45) is 1.93. The van der Waals surface area contributed by atoms with Gasteiger partial charge >= 0.3 is 0 Å². The van der Waals surface area contributed by atoms with E-state index in [1.165, 1.54) is 38.6 Å². The van der Waals surface area contributed by atoms with E-state index < -0.39 is 0 Å². The van der Waals surface area contributed by atoms with Crippen molar-refractivity contribution >= 4 is 21.8 Å². The maximum atomic E-state index is 5.42. The molecule has 0 saturated carbocycles. The zero-order valence-corrected chi connectivity index (χ0v) is 23.4. The topological polar surface area (TPSA) is 30.7 Å². The van der Waals surface area contributed by atoms with Gasteiger partial charge in [0.25, 0.3) is 0 Å². The number of hydrogen-bond donors (Lipinski definition) is 0. The van der Waals surface area contributed by atoms with E-state index in [9.17, 15) is 0 Å². The van der Waals surface area contributed by atoms with E-state index >= 15 is 0 Å². The lowest BCUT2D eigenvalue weighted by molar-refractivity contribution is 0.596. The second-order valence-electron chi connectivity index (χ2n) is 11.9. The molecule has 2 aromatic heterocycles. The van der Waals surface area contributed by atoms with Gasteiger partial charge in [0.15, 0.2) is 0 Å². The van der Waals surface area contributed by atoms with Crippen LogP contribution in [0.15, 0.2) is 121 Å². The Morgan fingerprint density at radius 1 is 0.610 bits per heavy atom. The van der Waals surface area contributed by atoms with Crippen LogP contribution in [0.25, 0.3) is 72.4 Å². The quantitative estimate of drug-likeness (QED) is 0.213. The van der Waals surface area contributed by atoms with Crippen molar-refractivity contribution in [2.45, 2.75) is 26.2 Å². The smallest absolute Gasteiger partial charge is 0.146 e. The summed E-state index contributed by atoms with van der Waals surface area (Å²) >= 11 is 0. The molecule has 3 nitrogen and oxygen atoms in total. The lowest BCUT2D eigenvalue weighted by Gasteiger charge is -2.23. The number of imidazole rings is 1. The van der Waals surface area contributed by atoms with E-state index in [1.807, 2.05) is 6.20 Å². The van der Waals surface area contributed by atoms with E-state index in [1.54, 1.807) is 0 Å². The standard InChI is InChI=1S/C38H29N3/c1-38(2,3)32-23-25(22-24-12-4-5-13-26(24)32)35-36-34(20-21-39-35)41-33-19-11-10-17-30(33)28-15-7-6-14-27(28)29-16-8-9-18-31(29)37(41)40-36/h4-23H,1-3H3. The summed E-state index contributed by atoms with van der Waals surface area (Å²) in [7, 11) is 0. The van der Waals surface area contributed by atoms with E-state index in [2.05, 4.69) is 141 Å². The van der Waals surface area contributed by atoms with Gasteiger partial charge in [-0.2, -0.15) is 0 Å². The van der Waals surface area contributed by atoms with Crippen LogP contribution in [-0.4, -0.2) is 14.5 Å². The highest BCUT2D eigenvalue weighted by Gasteiger charge is 2.26. The molecule has 0 atom stereocenters. The van der Waals surface area contributed by atoms with Gasteiger partial charge in [-0.25, -0.2) is 4.98 Å². The van der Waals surface area contributed by atoms with Gasteiger partial charge in [-0.15, -0.1) is 0 Å². The van der Waals surface area contributed by atoms with Gasteiger partial charge < -0.3 is 0 Å². The summed E-state index contributed by atoms with van der Waals surface area (Å²) < 4.78 is 2.33. The van der Waals surface area contributed by atoms with Crippen molar-refractivity contribution in [3.63, 3.8) is 0 Å². The van der Waals surface area contributed by atoms with Gasteiger partial charge in [0, 0.05) is 22.9 Å². The predicted octanol–water partition coefficient (Wildman–Crippen LogP) is 9.85. The molecular weight excluding hydrogens is 498 g/mol. The molecule has 3 heterocycles. The Bertz CT molecular complexity index is 2140. The van der Waals surface area contributed by atoms with Crippen LogP contribution in [0.3, 0.4) is 0 Å². The normalized spacial score (nSPS) is 12.3. The minimum absolute atomic E-state index is 0.0174. The van der Waals surface area contributed by atoms with Crippen LogP contribution in [0, 0.1) is 0 Å². The Balaban J connectivity index is 1.49. The molecule has 3 heteroatoms. The van der Waals surface area contributed by atoms with E-state index in [0.29, 0.717) is 0 Å². The zero-order valence-electron chi connectivity index (χ0n) is 23.4. The molecule has 0 fully saturated rings. The van der Waals surface area contributed by atoms with Gasteiger partial charge in [0.2, 0.25) is 0 Å². The monoisotopic (exact) mass is 527 g/mol. The fraction of sp³-hybridized carbons (Fsp3) is 0.105. The first-order valence-electron chi connectivity index (χ1n) is 14.2. The van der Waals surface area contributed by atoms with Crippen LogP contribution >= 0.6 is 0 Å². The molecule has 41 heavy (non-hydrogen) atoms. The number of nitrogens with zero attached hydrogens (tertiary/aromatic N) is 3. The molecule has 8 rings (SSSR count). The lowest BCUT2D eigenvalue weighted by atomic mass is 9.82. The van der Waals surface area contributed by atoms with Gasteiger partial charge in [0.05, 0.1) is 16.9 Å². The summed E-state index contributed by atoms with van der Waals surface area (Å²) in [5.41, 5.74) is 12.3. The summed E-state index contributed by atoms with van der Waals surface area (Å²) in [6.45, 7) is 6.83. The van der Waals surface area contributed by atoms with Gasteiger partial charge in [-0.05, 0) is 62.7 Å². The van der Waals surface area contributed by atoms with Crippen molar-refractivity contribution in [1.82, 2.24) is 14.5 Å². The Labute approximate surface area is 239 Å². The third-order valence-electron chi connectivity index (χ3n) is 8.34. The van der Waals surface area contributed by atoms with Crippen LogP contribution in [-0.2, 0) is 5.41 Å². The minimum atomic E-state index is -0.0174. The first-order valence-corrected chi connectivity index (χ1v) is 14.2. The van der Waals surface area contributed by atoms with Crippen LogP contribution in [0.2, 0.25) is 0 Å². The first kappa shape index (κ1) is 23.8. The van der Waals surface area contributed by atoms with Crippen molar-refractivity contribution in [3.05, 3.63) is 127 Å². The molecule has 0 spiro atoms. The van der Waals surface area contributed by atoms with Crippen molar-refractivity contribution in [2.75, 3.05) is 0 Å². The zero-order chi connectivity index (χ0) is 27.7. The average Bonchev–Trinajstić information content (AvgIpc) is 3.38. The number of benzene rings is 5. The summed E-state index contributed by atoms with van der Waals surface area (Å²) in [5, 5.41) is 2.51. The van der Waals surface area contributed by atoms with E-state index in [0.717, 1.165) is 39.4 Å². The van der Waals surface area contributed by atoms with E-state index in [4.69, 9.17) is 9.97 Å². The highest BCUT2D eigenvalue weighted by atomic mass is 15.1. The molecule has 1 aliphatic heterocycles. The largest absolute Gasteiger partial charge is 0.292 e. The van der Waals surface area contributed by atoms with Crippen LogP contribution in [0.5, 0.6) is 0 Å². The molecular formula is C38H29N3. The van der Waals surface area contributed by atoms with Crippen molar-refractivity contribution in [1.29, 1.82) is 0 Å². The third kappa shape index (κ3) is 3.59. The molecule has 0 bridgehead atoms. The number of para-hydroxylation sites is 1. The summed E-state index contributed by atoms with van der Waals surface area (Å²) in [6, 6.07) is 41.3. The number of hydrogen-bond acceptors (Lipinski definition) is 2. The van der Waals surface area contributed by atoms with Gasteiger partial charge in [-0.3, -0.25) is 9.55 Å². The third-order valence-corrected chi connectivity index (χ3v) is 8.34. The average molecular weight is 528 g/mol. The second-order valence-corrected chi connectivity index (χ2v) is 11.9. The van der Waals surface area contributed by atoms with Crippen LogP contribution in [0.1, 0.15) is 26.3 Å². The predicted molar refractivity (Wildman–Crippen MR) is 170 cm³/mol. The molecule has 0 N–H and O–H groups in total. The van der Waals surface area contributed by atoms with Crippen LogP contribution < -0.4 is 0 Å². The number of pyridine rings is 1. The van der Waals surface area contributed by atoms with E-state index in [-0.39, 0.29) is 5.41 Å². The minimum Gasteiger partial charge on any atom is -0.292 e. The maximum Gasteiger partial charge on any atom is 0.146 e. The highest BCUT2D eigenvalue weighted by Crippen LogP contribution is 2.45. The number of aromatic nitrogens is 3. The van der Waals surface area contributed by atoms with Crippen molar-refractivity contribution in [2.24, 2.45) is 0 Å². The van der Waals surface area contributed by atoms with Crippen molar-refractivity contribution in [3.8, 4) is 50.6 Å². The van der Waals surface area contributed by atoms with Crippen molar-refractivity contribution < 1.29 is 0 Å². The number of rotatable bonds is 1. The molecule has 7 aromatic rings. The first-order chi connectivity index (χ1) is 20.0. The Hall–Kier alpha value is -5.02. The summed E-state index contributed by atoms with van der Waals surface area (Å²) in [5.74, 6) is 0.934. The Morgan fingerprint density at radius 2 is 1.22 bits per heavy atom. The molecule has 0 saturated heterocycles. The fourth-order valence-electron chi connectivity index (χ4n) is 6.47. The molecule has 0 unspecified atom stereocenters.